The molecule has 7 nitrogen and oxygen atoms in total. The summed E-state index contributed by atoms with van der Waals surface area (Å²) in [5.41, 5.74) is 2.09. The van der Waals surface area contributed by atoms with E-state index in [9.17, 15) is 10.1 Å². The van der Waals surface area contributed by atoms with E-state index >= 15 is 0 Å². The zero-order chi connectivity index (χ0) is 18.4. The molecule has 1 amide bonds. The molecular formula is C17H22N6OS. The lowest BCUT2D eigenvalue weighted by atomic mass is 9.93. The molecule has 25 heavy (non-hydrogen) atoms. The molecule has 0 bridgehead atoms. The van der Waals surface area contributed by atoms with Gasteiger partial charge in [0.25, 0.3) is 0 Å². The predicted octanol–water partition coefficient (Wildman–Crippen LogP) is 2.44. The van der Waals surface area contributed by atoms with Crippen LogP contribution in [0.5, 0.6) is 0 Å². The van der Waals surface area contributed by atoms with Gasteiger partial charge < -0.3 is 16.0 Å². The Hall–Kier alpha value is -2.53. The number of anilines is 1. The molecule has 1 aromatic heterocycles. The Kier molecular flexibility index (Phi) is 6.04. The van der Waals surface area contributed by atoms with E-state index in [1.54, 1.807) is 12.3 Å². The maximum absolute atomic E-state index is 10.9. The van der Waals surface area contributed by atoms with Crippen LogP contribution in [-0.4, -0.2) is 29.0 Å². The minimum absolute atomic E-state index is 0.0165. The molecule has 0 aliphatic carbocycles. The summed E-state index contributed by atoms with van der Waals surface area (Å²) in [4.78, 5) is 19.4. The van der Waals surface area contributed by atoms with Crippen LogP contribution < -0.4 is 16.0 Å². The number of aromatic nitrogens is 2. The van der Waals surface area contributed by atoms with Gasteiger partial charge >= 0.3 is 0 Å². The fourth-order valence-electron chi connectivity index (χ4n) is 2.01. The average molecular weight is 358 g/mol. The van der Waals surface area contributed by atoms with Crippen LogP contribution in [-0.2, 0) is 4.79 Å². The van der Waals surface area contributed by atoms with Crippen LogP contribution in [0.1, 0.15) is 33.4 Å². The maximum atomic E-state index is 10.9. The number of nitrogens with zero attached hydrogens (tertiary/aromatic N) is 3. The van der Waals surface area contributed by atoms with Crippen LogP contribution >= 0.6 is 11.8 Å². The van der Waals surface area contributed by atoms with E-state index in [2.05, 4.69) is 52.8 Å². The van der Waals surface area contributed by atoms with Crippen molar-refractivity contribution in [3.05, 3.63) is 34.1 Å². The van der Waals surface area contributed by atoms with Gasteiger partial charge in [-0.1, -0.05) is 32.5 Å². The topological polar surface area (TPSA) is 103 Å². The van der Waals surface area contributed by atoms with Crippen molar-refractivity contribution in [3.63, 3.8) is 0 Å². The van der Waals surface area contributed by atoms with Crippen molar-refractivity contribution in [1.29, 1.82) is 5.26 Å². The average Bonchev–Trinajstić information content (AvgIpc) is 3.03. The van der Waals surface area contributed by atoms with Gasteiger partial charge in [-0.3, -0.25) is 4.79 Å². The van der Waals surface area contributed by atoms with E-state index in [1.807, 2.05) is 5.41 Å². The quantitative estimate of drug-likeness (QED) is 0.549. The second-order valence-electron chi connectivity index (χ2n) is 6.52. The van der Waals surface area contributed by atoms with Gasteiger partial charge in [0.15, 0.2) is 0 Å². The first-order chi connectivity index (χ1) is 11.8. The highest BCUT2D eigenvalue weighted by Crippen LogP contribution is 2.37. The first-order valence-corrected chi connectivity index (χ1v) is 8.79. The van der Waals surface area contributed by atoms with Crippen molar-refractivity contribution in [3.8, 4) is 6.07 Å². The zero-order valence-electron chi connectivity index (χ0n) is 14.8. The highest BCUT2D eigenvalue weighted by molar-refractivity contribution is 8.06. The Bertz CT molecular complexity index is 757. The highest BCUT2D eigenvalue weighted by Gasteiger charge is 2.25. The number of nitriles is 1. The standard InChI is InChI=1S/C17H22N6OS/c1-11(24)19-7-8-21-16-20-6-5-13(22-16)12(9-18)15-23-14(10-25-15)17(2,3)4/h5-6,10,23H,7-8H2,1-4H3,(H,19,24)(H,20,21,22)/b15-12-. The first kappa shape index (κ1) is 18.8. The van der Waals surface area contributed by atoms with Gasteiger partial charge in [-0.2, -0.15) is 5.26 Å². The number of carbonyl (C=O) groups excluding carboxylic acids is 1. The Morgan fingerprint density at radius 1 is 1.40 bits per heavy atom. The SMILES string of the molecule is CC(=O)NCCNc1nccc(/C(C#N)=C2/NC(C(C)(C)C)=CS2)n1. The summed E-state index contributed by atoms with van der Waals surface area (Å²) in [7, 11) is 0. The molecule has 1 aromatic rings. The van der Waals surface area contributed by atoms with Gasteiger partial charge in [-0.15, -0.1) is 0 Å². The molecule has 3 N–H and O–H groups in total. The number of amides is 1. The van der Waals surface area contributed by atoms with Gasteiger partial charge in [0, 0.05) is 37.3 Å². The number of hydrogen-bond donors (Lipinski definition) is 3. The molecule has 0 spiro atoms. The summed E-state index contributed by atoms with van der Waals surface area (Å²) >= 11 is 1.49. The van der Waals surface area contributed by atoms with Crippen LogP contribution in [0.15, 0.2) is 28.4 Å². The normalized spacial score (nSPS) is 15.7. The number of rotatable bonds is 5. The first-order valence-electron chi connectivity index (χ1n) is 7.91. The van der Waals surface area contributed by atoms with Crippen molar-refractivity contribution >= 4 is 29.2 Å². The van der Waals surface area contributed by atoms with Gasteiger partial charge in [0.1, 0.15) is 11.6 Å². The highest BCUT2D eigenvalue weighted by atomic mass is 32.2. The van der Waals surface area contributed by atoms with Crippen molar-refractivity contribution in [2.75, 3.05) is 18.4 Å². The molecule has 0 atom stereocenters. The van der Waals surface area contributed by atoms with Gasteiger partial charge in [-0.25, -0.2) is 9.97 Å². The lowest BCUT2D eigenvalue weighted by Gasteiger charge is -2.20. The summed E-state index contributed by atoms with van der Waals surface area (Å²) in [6.07, 6.45) is 1.61. The fraction of sp³-hybridized carbons (Fsp3) is 0.412. The lowest BCUT2D eigenvalue weighted by molar-refractivity contribution is -0.118. The molecule has 1 aliphatic rings. The number of hydrogen-bond acceptors (Lipinski definition) is 7. The molecule has 0 saturated heterocycles. The van der Waals surface area contributed by atoms with E-state index in [0.29, 0.717) is 30.3 Å². The molecule has 0 aromatic carbocycles. The maximum Gasteiger partial charge on any atom is 0.223 e. The van der Waals surface area contributed by atoms with Crippen LogP contribution in [0.25, 0.3) is 5.57 Å². The summed E-state index contributed by atoms with van der Waals surface area (Å²) in [5, 5.41) is 21.4. The third kappa shape index (κ3) is 5.22. The van der Waals surface area contributed by atoms with E-state index < -0.39 is 0 Å². The molecule has 2 heterocycles. The summed E-state index contributed by atoms with van der Waals surface area (Å²) in [5.74, 6) is 0.336. The molecule has 0 fully saturated rings. The van der Waals surface area contributed by atoms with Gasteiger partial charge in [-0.05, 0) is 11.5 Å². The van der Waals surface area contributed by atoms with E-state index in [1.165, 1.54) is 18.7 Å². The van der Waals surface area contributed by atoms with Crippen molar-refractivity contribution < 1.29 is 4.79 Å². The smallest absolute Gasteiger partial charge is 0.223 e. The van der Waals surface area contributed by atoms with E-state index in [-0.39, 0.29) is 11.3 Å². The van der Waals surface area contributed by atoms with E-state index in [4.69, 9.17) is 0 Å². The molecule has 0 unspecified atom stereocenters. The third-order valence-corrected chi connectivity index (χ3v) is 4.28. The Balaban J connectivity index is 2.12. The molecule has 8 heteroatoms. The van der Waals surface area contributed by atoms with Crippen LogP contribution in [0.4, 0.5) is 5.95 Å². The second kappa shape index (κ2) is 8.03. The third-order valence-electron chi connectivity index (χ3n) is 3.38. The molecule has 132 valence electrons. The minimum Gasteiger partial charge on any atom is -0.355 e. The largest absolute Gasteiger partial charge is 0.355 e. The predicted molar refractivity (Wildman–Crippen MR) is 100 cm³/mol. The zero-order valence-corrected chi connectivity index (χ0v) is 15.6. The van der Waals surface area contributed by atoms with E-state index in [0.717, 1.165) is 10.7 Å². The van der Waals surface area contributed by atoms with Crippen LogP contribution in [0.2, 0.25) is 0 Å². The molecule has 1 aliphatic heterocycles. The molecule has 0 saturated carbocycles. The Labute approximate surface area is 152 Å². The Morgan fingerprint density at radius 2 is 2.16 bits per heavy atom. The van der Waals surface area contributed by atoms with Crippen molar-refractivity contribution in [2.24, 2.45) is 5.41 Å². The molecule has 0 radical (unpaired) electrons. The van der Waals surface area contributed by atoms with Crippen LogP contribution in [0, 0.1) is 16.7 Å². The number of carbonyl (C=O) groups is 1. The Morgan fingerprint density at radius 3 is 2.76 bits per heavy atom. The molecular weight excluding hydrogens is 336 g/mol. The number of nitrogens with one attached hydrogen (secondary N) is 3. The minimum atomic E-state index is -0.0838. The molecule has 2 rings (SSSR count). The van der Waals surface area contributed by atoms with Crippen molar-refractivity contribution in [1.82, 2.24) is 20.6 Å². The fourth-order valence-corrected chi connectivity index (χ4v) is 3.09. The van der Waals surface area contributed by atoms with Gasteiger partial charge in [0.2, 0.25) is 11.9 Å². The van der Waals surface area contributed by atoms with Gasteiger partial charge in [0.05, 0.1) is 10.7 Å². The summed E-state index contributed by atoms with van der Waals surface area (Å²) in [6, 6.07) is 3.94. The summed E-state index contributed by atoms with van der Waals surface area (Å²) < 4.78 is 0. The van der Waals surface area contributed by atoms with Crippen molar-refractivity contribution in [2.45, 2.75) is 27.7 Å². The number of allylic oxidation sites excluding steroid dienone is 2. The second-order valence-corrected chi connectivity index (χ2v) is 7.40. The number of thioether (sulfide) groups is 1. The lowest BCUT2D eigenvalue weighted by Crippen LogP contribution is -2.26. The summed E-state index contributed by atoms with van der Waals surface area (Å²) in [6.45, 7) is 8.79. The monoisotopic (exact) mass is 358 g/mol. The van der Waals surface area contributed by atoms with Crippen LogP contribution in [0.3, 0.4) is 0 Å².